The summed E-state index contributed by atoms with van der Waals surface area (Å²) in [5, 5.41) is 2.98. The van der Waals surface area contributed by atoms with E-state index in [1.54, 1.807) is 31.2 Å². The number of para-hydroxylation sites is 1. The first-order valence-corrected chi connectivity index (χ1v) is 6.72. The first-order chi connectivity index (χ1) is 9.20. The molecule has 1 aromatic rings. The van der Waals surface area contributed by atoms with Crippen LogP contribution in [0.15, 0.2) is 24.3 Å². The Morgan fingerprint density at radius 1 is 1.37 bits per heavy atom. The largest absolute Gasteiger partial charge is 0.480 e. The topological polar surface area (TPSA) is 55.4 Å². The smallest absolute Gasteiger partial charge is 0.260 e. The van der Waals surface area contributed by atoms with Crippen LogP contribution in [-0.4, -0.2) is 24.3 Å². The van der Waals surface area contributed by atoms with Gasteiger partial charge >= 0.3 is 0 Å². The maximum atomic E-state index is 12.0. The van der Waals surface area contributed by atoms with Gasteiger partial charge in [-0.05, 0) is 31.9 Å². The normalized spacial score (nSPS) is 16.9. The molecule has 1 unspecified atom stereocenters. The highest BCUT2D eigenvalue weighted by Gasteiger charge is 2.22. The fraction of sp³-hybridized carbons (Fsp3) is 0.467. The first kappa shape index (κ1) is 13.6. The zero-order chi connectivity index (χ0) is 13.7. The first-order valence-electron chi connectivity index (χ1n) is 6.72. The lowest BCUT2D eigenvalue weighted by Crippen LogP contribution is -2.41. The van der Waals surface area contributed by atoms with Gasteiger partial charge in [0.1, 0.15) is 5.75 Å². The van der Waals surface area contributed by atoms with Crippen LogP contribution in [0.5, 0.6) is 5.75 Å². The molecule has 0 aromatic heterocycles. The van der Waals surface area contributed by atoms with E-state index < -0.39 is 6.10 Å². The summed E-state index contributed by atoms with van der Waals surface area (Å²) in [5.41, 5.74) is 0.461. The summed E-state index contributed by atoms with van der Waals surface area (Å²) < 4.78 is 5.57. The SMILES string of the molecule is CC(Oc1ccccc1C=O)C(=O)NC1CCCC1. The summed E-state index contributed by atoms with van der Waals surface area (Å²) in [6, 6.07) is 7.19. The number of hydrogen-bond donors (Lipinski definition) is 1. The maximum Gasteiger partial charge on any atom is 0.260 e. The van der Waals surface area contributed by atoms with Gasteiger partial charge in [-0.1, -0.05) is 25.0 Å². The van der Waals surface area contributed by atoms with Gasteiger partial charge in [0.15, 0.2) is 12.4 Å². The van der Waals surface area contributed by atoms with Crippen molar-refractivity contribution in [3.8, 4) is 5.75 Å². The van der Waals surface area contributed by atoms with Gasteiger partial charge in [-0.3, -0.25) is 9.59 Å². The van der Waals surface area contributed by atoms with E-state index in [1.807, 2.05) is 0 Å². The average molecular weight is 261 g/mol. The summed E-state index contributed by atoms with van der Waals surface area (Å²) in [4.78, 5) is 22.9. The Morgan fingerprint density at radius 2 is 2.05 bits per heavy atom. The van der Waals surface area contributed by atoms with E-state index in [0.29, 0.717) is 11.3 Å². The number of aldehydes is 1. The van der Waals surface area contributed by atoms with Crippen LogP contribution in [0, 0.1) is 0 Å². The molecule has 0 spiro atoms. The van der Waals surface area contributed by atoms with Gasteiger partial charge in [-0.2, -0.15) is 0 Å². The summed E-state index contributed by atoms with van der Waals surface area (Å²) in [6.07, 6.45) is 4.58. The molecule has 0 heterocycles. The predicted octanol–water partition coefficient (Wildman–Crippen LogP) is 2.33. The minimum atomic E-state index is -0.596. The lowest BCUT2D eigenvalue weighted by Gasteiger charge is -2.18. The summed E-state index contributed by atoms with van der Waals surface area (Å²) in [5.74, 6) is 0.333. The van der Waals surface area contributed by atoms with Crippen LogP contribution in [0.4, 0.5) is 0 Å². The van der Waals surface area contributed by atoms with E-state index in [1.165, 1.54) is 12.8 Å². The Balaban J connectivity index is 1.93. The fourth-order valence-electron chi connectivity index (χ4n) is 2.32. The molecule has 0 saturated heterocycles. The zero-order valence-corrected chi connectivity index (χ0v) is 11.1. The highest BCUT2D eigenvalue weighted by molar-refractivity contribution is 5.82. The quantitative estimate of drug-likeness (QED) is 0.828. The Kier molecular flexibility index (Phi) is 4.55. The van der Waals surface area contributed by atoms with Crippen LogP contribution in [0.25, 0.3) is 0 Å². The predicted molar refractivity (Wildman–Crippen MR) is 72.3 cm³/mol. The lowest BCUT2D eigenvalue weighted by atomic mass is 10.2. The number of carbonyl (C=O) groups is 2. The molecule has 2 rings (SSSR count). The Morgan fingerprint density at radius 3 is 2.74 bits per heavy atom. The van der Waals surface area contributed by atoms with Crippen molar-refractivity contribution >= 4 is 12.2 Å². The van der Waals surface area contributed by atoms with E-state index in [0.717, 1.165) is 19.1 Å². The molecule has 19 heavy (non-hydrogen) atoms. The van der Waals surface area contributed by atoms with Crippen LogP contribution < -0.4 is 10.1 Å². The molecule has 102 valence electrons. The molecule has 0 bridgehead atoms. The van der Waals surface area contributed by atoms with Crippen molar-refractivity contribution < 1.29 is 14.3 Å². The van der Waals surface area contributed by atoms with Crippen molar-refractivity contribution in [3.63, 3.8) is 0 Å². The van der Waals surface area contributed by atoms with Gasteiger partial charge < -0.3 is 10.1 Å². The minimum absolute atomic E-state index is 0.118. The van der Waals surface area contributed by atoms with Crippen molar-refractivity contribution in [2.75, 3.05) is 0 Å². The monoisotopic (exact) mass is 261 g/mol. The van der Waals surface area contributed by atoms with Gasteiger partial charge in [-0.25, -0.2) is 0 Å². The second kappa shape index (κ2) is 6.36. The fourth-order valence-corrected chi connectivity index (χ4v) is 2.32. The van der Waals surface area contributed by atoms with Crippen molar-refractivity contribution in [1.82, 2.24) is 5.32 Å². The van der Waals surface area contributed by atoms with E-state index in [-0.39, 0.29) is 11.9 Å². The van der Waals surface area contributed by atoms with Gasteiger partial charge in [0.05, 0.1) is 5.56 Å². The van der Waals surface area contributed by atoms with Gasteiger partial charge in [0.25, 0.3) is 5.91 Å². The number of amides is 1. The highest BCUT2D eigenvalue weighted by atomic mass is 16.5. The number of ether oxygens (including phenoxy) is 1. The number of benzene rings is 1. The highest BCUT2D eigenvalue weighted by Crippen LogP contribution is 2.19. The third-order valence-corrected chi connectivity index (χ3v) is 3.42. The molecule has 4 heteroatoms. The van der Waals surface area contributed by atoms with Crippen molar-refractivity contribution in [2.45, 2.75) is 44.8 Å². The number of hydrogen-bond acceptors (Lipinski definition) is 3. The molecule has 1 atom stereocenters. The van der Waals surface area contributed by atoms with Crippen molar-refractivity contribution in [1.29, 1.82) is 0 Å². The van der Waals surface area contributed by atoms with Gasteiger partial charge in [0, 0.05) is 6.04 Å². The molecule has 1 aliphatic carbocycles. The second-order valence-corrected chi connectivity index (χ2v) is 4.91. The third kappa shape index (κ3) is 3.56. The molecule has 0 aliphatic heterocycles. The second-order valence-electron chi connectivity index (χ2n) is 4.91. The molecule has 1 N–H and O–H groups in total. The Bertz CT molecular complexity index is 452. The number of rotatable bonds is 5. The van der Waals surface area contributed by atoms with E-state index >= 15 is 0 Å². The minimum Gasteiger partial charge on any atom is -0.480 e. The van der Waals surface area contributed by atoms with Crippen LogP contribution in [0.3, 0.4) is 0 Å². The lowest BCUT2D eigenvalue weighted by molar-refractivity contribution is -0.127. The van der Waals surface area contributed by atoms with Gasteiger partial charge in [0.2, 0.25) is 0 Å². The van der Waals surface area contributed by atoms with Crippen LogP contribution >= 0.6 is 0 Å². The summed E-state index contributed by atoms with van der Waals surface area (Å²) in [7, 11) is 0. The average Bonchev–Trinajstić information content (AvgIpc) is 2.92. The number of nitrogens with one attached hydrogen (secondary N) is 1. The maximum absolute atomic E-state index is 12.0. The molecular formula is C15H19NO3. The molecular weight excluding hydrogens is 242 g/mol. The van der Waals surface area contributed by atoms with E-state index in [2.05, 4.69) is 5.32 Å². The number of carbonyl (C=O) groups excluding carboxylic acids is 2. The molecule has 1 amide bonds. The Hall–Kier alpha value is -1.84. The van der Waals surface area contributed by atoms with Gasteiger partial charge in [-0.15, -0.1) is 0 Å². The molecule has 1 aromatic carbocycles. The van der Waals surface area contributed by atoms with Crippen molar-refractivity contribution in [3.05, 3.63) is 29.8 Å². The standard InChI is InChI=1S/C15H19NO3/c1-11(15(18)16-13-7-3-4-8-13)19-14-9-5-2-6-12(14)10-17/h2,5-6,9-11,13H,3-4,7-8H2,1H3,(H,16,18). The zero-order valence-electron chi connectivity index (χ0n) is 11.1. The molecule has 1 saturated carbocycles. The van der Waals surface area contributed by atoms with Crippen LogP contribution in [0.2, 0.25) is 0 Å². The van der Waals surface area contributed by atoms with Crippen molar-refractivity contribution in [2.24, 2.45) is 0 Å². The molecule has 0 radical (unpaired) electrons. The van der Waals surface area contributed by atoms with Crippen LogP contribution in [0.1, 0.15) is 43.0 Å². The molecule has 1 fully saturated rings. The Labute approximate surface area is 113 Å². The summed E-state index contributed by atoms with van der Waals surface area (Å²) >= 11 is 0. The molecule has 1 aliphatic rings. The van der Waals surface area contributed by atoms with E-state index in [9.17, 15) is 9.59 Å². The summed E-state index contributed by atoms with van der Waals surface area (Å²) in [6.45, 7) is 1.70. The van der Waals surface area contributed by atoms with Crippen LogP contribution in [-0.2, 0) is 4.79 Å². The molecule has 4 nitrogen and oxygen atoms in total. The van der Waals surface area contributed by atoms with E-state index in [4.69, 9.17) is 4.74 Å². The third-order valence-electron chi connectivity index (χ3n) is 3.42.